The van der Waals surface area contributed by atoms with E-state index in [9.17, 15) is 9.18 Å². The number of hydrogen-bond donors (Lipinski definition) is 1. The van der Waals surface area contributed by atoms with Crippen molar-refractivity contribution in [3.8, 4) is 0 Å². The molecule has 1 aliphatic rings. The Kier molecular flexibility index (Phi) is 6.07. The number of aromatic nitrogens is 1. The quantitative estimate of drug-likeness (QED) is 0.315. The lowest BCUT2D eigenvalue weighted by atomic mass is 9.76. The van der Waals surface area contributed by atoms with Gasteiger partial charge < -0.3 is 9.73 Å². The summed E-state index contributed by atoms with van der Waals surface area (Å²) in [6.45, 7) is 2.15. The van der Waals surface area contributed by atoms with Crippen LogP contribution in [-0.2, 0) is 0 Å². The van der Waals surface area contributed by atoms with Gasteiger partial charge in [0.15, 0.2) is 0 Å². The molecule has 0 aliphatic heterocycles. The Morgan fingerprint density at radius 2 is 1.91 bits per heavy atom. The van der Waals surface area contributed by atoms with E-state index in [0.717, 1.165) is 54.1 Å². The first-order valence-electron chi connectivity index (χ1n) is 11.5. The van der Waals surface area contributed by atoms with Gasteiger partial charge in [-0.2, -0.15) is 0 Å². The first-order chi connectivity index (χ1) is 16.0. The second kappa shape index (κ2) is 9.14. The van der Waals surface area contributed by atoms with Crippen LogP contribution in [0.4, 0.5) is 10.1 Å². The number of pyridine rings is 1. The molecule has 2 aromatic heterocycles. The third-order valence-electron chi connectivity index (χ3n) is 6.82. The monoisotopic (exact) mass is 464 g/mol. The van der Waals surface area contributed by atoms with Crippen LogP contribution in [0.2, 0.25) is 5.02 Å². The molecule has 4 nitrogen and oxygen atoms in total. The van der Waals surface area contributed by atoms with E-state index in [4.69, 9.17) is 16.0 Å². The Hall–Kier alpha value is -2.92. The largest absolute Gasteiger partial charge is 0.423 e. The number of benzene rings is 2. The molecule has 1 atom stereocenters. The van der Waals surface area contributed by atoms with Crippen LogP contribution < -0.4 is 10.9 Å². The summed E-state index contributed by atoms with van der Waals surface area (Å²) in [6.07, 6.45) is 7.29. The molecule has 4 aromatic rings. The van der Waals surface area contributed by atoms with Crippen LogP contribution >= 0.6 is 11.6 Å². The number of hydrogen-bond acceptors (Lipinski definition) is 4. The predicted octanol–water partition coefficient (Wildman–Crippen LogP) is 7.30. The van der Waals surface area contributed by atoms with Gasteiger partial charge in [0.25, 0.3) is 0 Å². The maximum Gasteiger partial charge on any atom is 0.338 e. The smallest absolute Gasteiger partial charge is 0.338 e. The molecule has 1 N–H and O–H groups in total. The highest BCUT2D eigenvalue weighted by molar-refractivity contribution is 6.31. The molecule has 1 fully saturated rings. The van der Waals surface area contributed by atoms with E-state index in [-0.39, 0.29) is 17.5 Å². The molecule has 0 amide bonds. The molecular formula is C27H26ClFN2O2. The summed E-state index contributed by atoms with van der Waals surface area (Å²) in [5.41, 5.74) is 2.96. The molecule has 0 saturated heterocycles. The van der Waals surface area contributed by atoms with Crippen molar-refractivity contribution in [2.75, 3.05) is 5.32 Å². The van der Waals surface area contributed by atoms with Gasteiger partial charge in [0, 0.05) is 40.2 Å². The van der Waals surface area contributed by atoms with Gasteiger partial charge in [-0.05, 0) is 92.8 Å². The summed E-state index contributed by atoms with van der Waals surface area (Å²) in [7, 11) is 0. The maximum absolute atomic E-state index is 13.8. The van der Waals surface area contributed by atoms with Crippen molar-refractivity contribution in [2.24, 2.45) is 5.92 Å². The van der Waals surface area contributed by atoms with E-state index in [1.807, 2.05) is 12.3 Å². The number of rotatable bonds is 5. The number of nitrogens with zero attached hydrogens (tertiary/aromatic N) is 1. The molecule has 0 spiro atoms. The van der Waals surface area contributed by atoms with Crippen molar-refractivity contribution in [3.05, 3.63) is 81.6 Å². The average molecular weight is 465 g/mol. The summed E-state index contributed by atoms with van der Waals surface area (Å²) in [6, 6.07) is 14.0. The van der Waals surface area contributed by atoms with Gasteiger partial charge in [0.1, 0.15) is 11.4 Å². The van der Waals surface area contributed by atoms with Crippen molar-refractivity contribution >= 4 is 39.2 Å². The number of anilines is 1. The molecule has 1 saturated carbocycles. The molecule has 0 bridgehead atoms. The molecule has 170 valence electrons. The number of nitrogens with one attached hydrogen (secondary N) is 1. The zero-order chi connectivity index (χ0) is 22.9. The zero-order valence-corrected chi connectivity index (χ0v) is 19.2. The maximum atomic E-state index is 13.8. The van der Waals surface area contributed by atoms with Crippen LogP contribution in [0.3, 0.4) is 0 Å². The predicted molar refractivity (Wildman–Crippen MR) is 132 cm³/mol. The highest BCUT2D eigenvalue weighted by Gasteiger charge is 2.25. The third kappa shape index (κ3) is 4.74. The minimum absolute atomic E-state index is 0.211. The summed E-state index contributed by atoms with van der Waals surface area (Å²) in [5, 5.41) is 5.84. The summed E-state index contributed by atoms with van der Waals surface area (Å²) >= 11 is 6.05. The van der Waals surface area contributed by atoms with Crippen LogP contribution in [-0.4, -0.2) is 11.0 Å². The van der Waals surface area contributed by atoms with E-state index < -0.39 is 0 Å². The Bertz CT molecular complexity index is 1360. The number of fused-ring (bicyclic) bond motifs is 2. The Morgan fingerprint density at radius 3 is 2.73 bits per heavy atom. The van der Waals surface area contributed by atoms with Crippen LogP contribution in [0, 0.1) is 11.7 Å². The van der Waals surface area contributed by atoms with Gasteiger partial charge in [-0.25, -0.2) is 9.18 Å². The molecule has 1 aliphatic carbocycles. The molecule has 6 heteroatoms. The van der Waals surface area contributed by atoms with Gasteiger partial charge in [0.2, 0.25) is 0 Å². The highest BCUT2D eigenvalue weighted by Crippen LogP contribution is 2.40. The first-order valence-corrected chi connectivity index (χ1v) is 11.9. The van der Waals surface area contributed by atoms with Crippen LogP contribution in [0.5, 0.6) is 0 Å². The van der Waals surface area contributed by atoms with Crippen molar-refractivity contribution in [1.82, 2.24) is 4.98 Å². The fraction of sp³-hybridized carbons (Fsp3) is 0.333. The van der Waals surface area contributed by atoms with Gasteiger partial charge in [-0.1, -0.05) is 11.6 Å². The molecular weight excluding hydrogens is 439 g/mol. The van der Waals surface area contributed by atoms with Crippen molar-refractivity contribution in [2.45, 2.75) is 51.0 Å². The van der Waals surface area contributed by atoms with Crippen molar-refractivity contribution < 1.29 is 8.81 Å². The SMILES string of the molecule is C[C@H](C[C@H]1CC[C@@H](c2ccnc3ccc(F)cc32)CC1)Nc1cc(=O)oc2cc(Cl)ccc12. The second-order valence-corrected chi connectivity index (χ2v) is 9.62. The minimum atomic E-state index is -0.388. The Labute approximate surface area is 196 Å². The van der Waals surface area contributed by atoms with Gasteiger partial charge in [0.05, 0.1) is 11.2 Å². The topological polar surface area (TPSA) is 55.1 Å². The van der Waals surface area contributed by atoms with Crippen LogP contribution in [0.15, 0.2) is 63.9 Å². The van der Waals surface area contributed by atoms with Crippen LogP contribution in [0.25, 0.3) is 21.9 Å². The van der Waals surface area contributed by atoms with Gasteiger partial charge in [-0.3, -0.25) is 4.98 Å². The van der Waals surface area contributed by atoms with Gasteiger partial charge in [-0.15, -0.1) is 0 Å². The lowest BCUT2D eigenvalue weighted by molar-refractivity contribution is 0.302. The molecule has 33 heavy (non-hydrogen) atoms. The molecule has 0 unspecified atom stereocenters. The fourth-order valence-electron chi connectivity index (χ4n) is 5.29. The van der Waals surface area contributed by atoms with E-state index >= 15 is 0 Å². The van der Waals surface area contributed by atoms with Crippen molar-refractivity contribution in [1.29, 1.82) is 0 Å². The molecule has 5 rings (SSSR count). The lowest BCUT2D eigenvalue weighted by Crippen LogP contribution is -2.23. The molecule has 0 radical (unpaired) electrons. The average Bonchev–Trinajstić information content (AvgIpc) is 2.78. The minimum Gasteiger partial charge on any atom is -0.423 e. The lowest BCUT2D eigenvalue weighted by Gasteiger charge is -2.31. The number of halogens is 2. The standard InChI is InChI=1S/C27H26ClFN2O2/c1-16(31-25-15-27(32)33-26-13-19(28)6-8-22(25)26)12-17-2-4-18(5-3-17)21-10-11-30-24-9-7-20(29)14-23(21)24/h6-11,13-18,31H,2-5,12H2,1H3/t16-,17-,18+/m1/s1. The third-order valence-corrected chi connectivity index (χ3v) is 7.05. The van der Waals surface area contributed by atoms with E-state index in [1.165, 1.54) is 17.7 Å². The van der Waals surface area contributed by atoms with E-state index in [0.29, 0.717) is 22.4 Å². The Balaban J connectivity index is 1.25. The first kappa shape index (κ1) is 21.9. The van der Waals surface area contributed by atoms with Crippen LogP contribution in [0.1, 0.15) is 50.5 Å². The van der Waals surface area contributed by atoms with Crippen molar-refractivity contribution in [3.63, 3.8) is 0 Å². The summed E-state index contributed by atoms with van der Waals surface area (Å²) in [5.74, 6) is 0.828. The summed E-state index contributed by atoms with van der Waals surface area (Å²) < 4.78 is 19.1. The fourth-order valence-corrected chi connectivity index (χ4v) is 5.45. The highest BCUT2D eigenvalue weighted by atomic mass is 35.5. The molecule has 2 aromatic carbocycles. The summed E-state index contributed by atoms with van der Waals surface area (Å²) in [4.78, 5) is 16.4. The van der Waals surface area contributed by atoms with E-state index in [1.54, 1.807) is 24.3 Å². The Morgan fingerprint density at radius 1 is 1.09 bits per heavy atom. The zero-order valence-electron chi connectivity index (χ0n) is 18.5. The van der Waals surface area contributed by atoms with E-state index in [2.05, 4.69) is 23.3 Å². The second-order valence-electron chi connectivity index (χ2n) is 9.18. The molecule has 2 heterocycles. The van der Waals surface area contributed by atoms with Gasteiger partial charge >= 0.3 is 5.63 Å². The normalized spacial score (nSPS) is 19.6.